The molecule has 3 aromatic heterocycles. The number of hydrogen-bond donors (Lipinski definition) is 0. The average Bonchev–Trinajstić information content (AvgIpc) is 3.66. The van der Waals surface area contributed by atoms with E-state index in [9.17, 15) is 0 Å². The summed E-state index contributed by atoms with van der Waals surface area (Å²) in [5.41, 5.74) is 13.8. The van der Waals surface area contributed by atoms with Crippen LogP contribution in [0.25, 0.3) is 82.8 Å². The van der Waals surface area contributed by atoms with Crippen molar-refractivity contribution in [2.75, 3.05) is 0 Å². The molecule has 0 aliphatic rings. The van der Waals surface area contributed by atoms with E-state index in [1.165, 1.54) is 21.5 Å². The van der Waals surface area contributed by atoms with Gasteiger partial charge < -0.3 is 0 Å². The van der Waals surface area contributed by atoms with Crippen molar-refractivity contribution in [2.45, 2.75) is 6.92 Å². The van der Waals surface area contributed by atoms with E-state index >= 15 is 0 Å². The summed E-state index contributed by atoms with van der Waals surface area (Å²) in [4.78, 5) is 15.4. The molecule has 0 atom stereocenters. The Kier molecular flexibility index (Phi) is 8.15. The number of pyridine rings is 2. The molecule has 3 heterocycles. The van der Waals surface area contributed by atoms with Gasteiger partial charge in [-0.1, -0.05) is 146 Å². The predicted molar refractivity (Wildman–Crippen MR) is 236 cm³/mol. The third-order valence-electron chi connectivity index (χ3n) is 10.7. The van der Waals surface area contributed by atoms with Gasteiger partial charge in [0.1, 0.15) is 11.2 Å². The van der Waals surface area contributed by atoms with E-state index in [-0.39, 0.29) is 0 Å². The van der Waals surface area contributed by atoms with Crippen LogP contribution in [0.4, 0.5) is 0 Å². The van der Waals surface area contributed by atoms with E-state index in [0.717, 1.165) is 77.9 Å². The fourth-order valence-electron chi connectivity index (χ4n) is 7.72. The Bertz CT molecular complexity index is 3220. The molecule has 56 heavy (non-hydrogen) atoms. The lowest BCUT2D eigenvalue weighted by Gasteiger charge is -2.11. The van der Waals surface area contributed by atoms with E-state index in [1.807, 2.05) is 30.3 Å². The minimum Gasteiger partial charge on any atom is -0.298 e. The molecule has 4 nitrogen and oxygen atoms in total. The summed E-state index contributed by atoms with van der Waals surface area (Å²) in [6, 6.07) is 61.5. The maximum Gasteiger partial charge on any atom is 0.137 e. The molecule has 0 aliphatic carbocycles. The Morgan fingerprint density at radius 1 is 0.554 bits per heavy atom. The quantitative estimate of drug-likeness (QED) is 0.154. The van der Waals surface area contributed by atoms with Crippen LogP contribution in [0.1, 0.15) is 23.6 Å². The Balaban J connectivity index is 1.01. The molecule has 264 valence electrons. The van der Waals surface area contributed by atoms with Gasteiger partial charge in [0.05, 0.1) is 28.1 Å². The molecule has 0 spiro atoms. The summed E-state index contributed by atoms with van der Waals surface area (Å²) in [6.07, 6.45) is 4.25. The van der Waals surface area contributed by atoms with Gasteiger partial charge in [-0.3, -0.25) is 4.40 Å². The van der Waals surface area contributed by atoms with Crippen molar-refractivity contribution in [3.05, 3.63) is 211 Å². The third kappa shape index (κ3) is 6.04. The van der Waals surface area contributed by atoms with Crippen LogP contribution in [-0.2, 0) is 0 Å². The van der Waals surface area contributed by atoms with Gasteiger partial charge >= 0.3 is 0 Å². The molecule has 0 amide bonds. The summed E-state index contributed by atoms with van der Waals surface area (Å²) in [6.45, 7) is 6.62. The second-order valence-electron chi connectivity index (χ2n) is 14.3. The van der Waals surface area contributed by atoms with Gasteiger partial charge in [-0.05, 0) is 98.8 Å². The molecule has 0 aliphatic heterocycles. The van der Waals surface area contributed by atoms with Gasteiger partial charge in [-0.2, -0.15) is 0 Å². The molecule has 0 saturated carbocycles. The van der Waals surface area contributed by atoms with Crippen molar-refractivity contribution >= 4 is 66.1 Å². The Morgan fingerprint density at radius 3 is 1.98 bits per heavy atom. The van der Waals surface area contributed by atoms with Gasteiger partial charge in [-0.25, -0.2) is 15.0 Å². The van der Waals surface area contributed by atoms with Crippen molar-refractivity contribution in [1.82, 2.24) is 14.4 Å². The molecule has 0 unspecified atom stereocenters. The fourth-order valence-corrected chi connectivity index (χ4v) is 7.72. The van der Waals surface area contributed by atoms with Crippen molar-refractivity contribution in [3.63, 3.8) is 0 Å². The number of fused-ring (bicyclic) bond motifs is 7. The van der Waals surface area contributed by atoms with Crippen LogP contribution in [-0.4, -0.2) is 20.1 Å². The first-order valence-corrected chi connectivity index (χ1v) is 18.9. The number of rotatable bonds is 7. The second-order valence-corrected chi connectivity index (χ2v) is 14.3. The van der Waals surface area contributed by atoms with Crippen LogP contribution in [0.5, 0.6) is 0 Å². The highest BCUT2D eigenvalue weighted by Crippen LogP contribution is 2.35. The molecule has 7 aromatic carbocycles. The van der Waals surface area contributed by atoms with Crippen molar-refractivity contribution < 1.29 is 0 Å². The largest absolute Gasteiger partial charge is 0.298 e. The van der Waals surface area contributed by atoms with Crippen LogP contribution in [0.15, 0.2) is 200 Å². The lowest BCUT2D eigenvalue weighted by molar-refractivity contribution is 1.22. The topological polar surface area (TPSA) is 42.5 Å². The highest BCUT2D eigenvalue weighted by Gasteiger charge is 2.17. The van der Waals surface area contributed by atoms with Crippen LogP contribution >= 0.6 is 0 Å². The zero-order valence-corrected chi connectivity index (χ0v) is 30.9. The highest BCUT2D eigenvalue weighted by molar-refractivity contribution is 6.15. The van der Waals surface area contributed by atoms with E-state index in [0.29, 0.717) is 5.70 Å². The SMILES string of the molecule is C=C(N=C(/C=C(\C)c1ccc2ccccc2c1)c1ccc2ccccc2c1)c1ccc(-c2cccc(-c3nc4ccccc4c4nc5ccccn5c34)c2)cc1. The van der Waals surface area contributed by atoms with Crippen molar-refractivity contribution in [3.8, 4) is 22.4 Å². The minimum absolute atomic E-state index is 0.700. The van der Waals surface area contributed by atoms with E-state index in [2.05, 4.69) is 176 Å². The first-order chi connectivity index (χ1) is 27.6. The van der Waals surface area contributed by atoms with Crippen LogP contribution in [0.3, 0.4) is 0 Å². The van der Waals surface area contributed by atoms with E-state index in [1.54, 1.807) is 0 Å². The van der Waals surface area contributed by atoms with Crippen LogP contribution < -0.4 is 0 Å². The van der Waals surface area contributed by atoms with E-state index in [4.69, 9.17) is 15.0 Å². The summed E-state index contributed by atoms with van der Waals surface area (Å²) in [5, 5.41) is 5.86. The normalized spacial score (nSPS) is 12.3. The first kappa shape index (κ1) is 33.2. The molecule has 10 rings (SSSR count). The molecule has 4 heteroatoms. The molecular formula is C52H36N4. The zero-order valence-electron chi connectivity index (χ0n) is 30.9. The number of nitrogens with zero attached hydrogens (tertiary/aromatic N) is 4. The highest BCUT2D eigenvalue weighted by atomic mass is 15.0. The fraction of sp³-hybridized carbons (Fsp3) is 0.0192. The maximum atomic E-state index is 5.21. The van der Waals surface area contributed by atoms with Crippen LogP contribution in [0.2, 0.25) is 0 Å². The summed E-state index contributed by atoms with van der Waals surface area (Å²) >= 11 is 0. The molecule has 0 saturated heterocycles. The second kappa shape index (κ2) is 13.8. The number of imidazole rings is 1. The van der Waals surface area contributed by atoms with Crippen molar-refractivity contribution in [2.24, 2.45) is 4.99 Å². The van der Waals surface area contributed by atoms with Gasteiger partial charge in [0.25, 0.3) is 0 Å². The lowest BCUT2D eigenvalue weighted by atomic mass is 9.98. The molecule has 0 bridgehead atoms. The number of allylic oxidation sites excluding steroid dienone is 2. The standard InChI is InChI=1S/C52H36N4/c1-34(40-27-25-37-12-3-5-14-41(37)31-40)30-48(44-28-26-38-13-4-6-15-42(38)32-44)53-35(2)36-21-23-39(24-22-36)43-16-11-17-45(33-43)50-52-51(46-18-7-8-19-47(46)54-50)55-49-20-9-10-29-56(49)52/h3-33H,2H2,1H3/b34-30+,53-48?. The number of para-hydroxylation sites is 1. The Morgan fingerprint density at radius 2 is 1.20 bits per heavy atom. The monoisotopic (exact) mass is 716 g/mol. The Hall–Kier alpha value is -7.43. The predicted octanol–water partition coefficient (Wildman–Crippen LogP) is 13.2. The lowest BCUT2D eigenvalue weighted by Crippen LogP contribution is -1.99. The molecule has 10 aromatic rings. The summed E-state index contributed by atoms with van der Waals surface area (Å²) in [7, 11) is 0. The van der Waals surface area contributed by atoms with Crippen molar-refractivity contribution in [1.29, 1.82) is 0 Å². The Labute approximate surface area is 325 Å². The van der Waals surface area contributed by atoms with Crippen LogP contribution in [0, 0.1) is 0 Å². The number of benzene rings is 7. The van der Waals surface area contributed by atoms with E-state index < -0.39 is 0 Å². The minimum atomic E-state index is 0.700. The maximum absolute atomic E-state index is 5.21. The summed E-state index contributed by atoms with van der Waals surface area (Å²) < 4.78 is 2.14. The smallest absolute Gasteiger partial charge is 0.137 e. The zero-order chi connectivity index (χ0) is 37.6. The molecule has 0 fully saturated rings. The summed E-state index contributed by atoms with van der Waals surface area (Å²) in [5.74, 6) is 0. The molecule has 0 N–H and O–H groups in total. The van der Waals surface area contributed by atoms with Gasteiger partial charge in [0.2, 0.25) is 0 Å². The van der Waals surface area contributed by atoms with Gasteiger partial charge in [0.15, 0.2) is 0 Å². The average molecular weight is 717 g/mol. The molecule has 0 radical (unpaired) electrons. The number of aromatic nitrogens is 3. The third-order valence-corrected chi connectivity index (χ3v) is 10.7. The molecular weight excluding hydrogens is 681 g/mol. The first-order valence-electron chi connectivity index (χ1n) is 18.9. The number of hydrogen-bond acceptors (Lipinski definition) is 3. The van der Waals surface area contributed by atoms with Gasteiger partial charge in [-0.15, -0.1) is 0 Å². The van der Waals surface area contributed by atoms with Gasteiger partial charge in [0, 0.05) is 22.7 Å². The number of aliphatic imine (C=N–C) groups is 1.